The third kappa shape index (κ3) is 1.85. The lowest BCUT2D eigenvalue weighted by Crippen LogP contribution is -1.93. The number of rotatable bonds is 2. The predicted octanol–water partition coefficient (Wildman–Crippen LogP) is 0.509. The second kappa shape index (κ2) is 3.25. The molecule has 0 amide bonds. The summed E-state index contributed by atoms with van der Waals surface area (Å²) in [5.74, 6) is 0.188. The van der Waals surface area contributed by atoms with Crippen LogP contribution in [0, 0.1) is 0 Å². The molecule has 0 radical (unpaired) electrons. The molecular weight excluding hydrogens is 142 g/mol. The van der Waals surface area contributed by atoms with E-state index in [0.29, 0.717) is 17.7 Å². The molecule has 0 heterocycles. The largest absolute Gasteiger partial charge is 0.508 e. The van der Waals surface area contributed by atoms with E-state index in [4.69, 9.17) is 10.8 Å². The number of anilines is 1. The maximum absolute atomic E-state index is 9.20. The minimum atomic E-state index is 0.0248. The van der Waals surface area contributed by atoms with Crippen molar-refractivity contribution in [3.05, 3.63) is 23.8 Å². The molecule has 1 aromatic rings. The zero-order chi connectivity index (χ0) is 8.27. The van der Waals surface area contributed by atoms with Gasteiger partial charge in [-0.1, -0.05) is 0 Å². The van der Waals surface area contributed by atoms with E-state index in [0.717, 1.165) is 0 Å². The van der Waals surface area contributed by atoms with Gasteiger partial charge in [0, 0.05) is 12.3 Å². The van der Waals surface area contributed by atoms with Crippen LogP contribution in [0.2, 0.25) is 0 Å². The van der Waals surface area contributed by atoms with Crippen molar-refractivity contribution in [2.45, 2.75) is 6.42 Å². The average molecular weight is 153 g/mol. The van der Waals surface area contributed by atoms with Crippen LogP contribution in [-0.2, 0) is 6.42 Å². The molecule has 0 aromatic heterocycles. The minimum absolute atomic E-state index is 0.0248. The van der Waals surface area contributed by atoms with Crippen molar-refractivity contribution in [2.75, 3.05) is 12.3 Å². The third-order valence-electron chi connectivity index (χ3n) is 1.48. The molecular formula is C8H11NO2. The van der Waals surface area contributed by atoms with Gasteiger partial charge in [-0.25, -0.2) is 0 Å². The minimum Gasteiger partial charge on any atom is -0.508 e. The van der Waals surface area contributed by atoms with Crippen LogP contribution in [0.15, 0.2) is 18.2 Å². The molecule has 0 fully saturated rings. The lowest BCUT2D eigenvalue weighted by atomic mass is 10.1. The monoisotopic (exact) mass is 153 g/mol. The topological polar surface area (TPSA) is 66.5 Å². The number of hydrogen-bond acceptors (Lipinski definition) is 3. The standard InChI is InChI=1S/C8H11NO2/c9-7-1-2-8(11)6(5-7)3-4-10/h1-2,5,10-11H,3-4,9H2. The number of nitrogens with two attached hydrogens (primary N) is 1. The van der Waals surface area contributed by atoms with Gasteiger partial charge in [0.2, 0.25) is 0 Å². The summed E-state index contributed by atoms with van der Waals surface area (Å²) in [5, 5.41) is 17.8. The zero-order valence-electron chi connectivity index (χ0n) is 6.12. The van der Waals surface area contributed by atoms with Gasteiger partial charge < -0.3 is 15.9 Å². The van der Waals surface area contributed by atoms with Gasteiger partial charge in [-0.3, -0.25) is 0 Å². The van der Waals surface area contributed by atoms with Gasteiger partial charge >= 0.3 is 0 Å². The summed E-state index contributed by atoms with van der Waals surface area (Å²) < 4.78 is 0. The molecule has 0 bridgehead atoms. The van der Waals surface area contributed by atoms with E-state index in [1.165, 1.54) is 6.07 Å². The van der Waals surface area contributed by atoms with Crippen LogP contribution in [0.25, 0.3) is 0 Å². The van der Waals surface area contributed by atoms with Crippen molar-refractivity contribution >= 4 is 5.69 Å². The fourth-order valence-electron chi connectivity index (χ4n) is 0.926. The Labute approximate surface area is 65.1 Å². The first kappa shape index (κ1) is 7.88. The Morgan fingerprint density at radius 2 is 2.09 bits per heavy atom. The first-order valence-corrected chi connectivity index (χ1v) is 3.42. The summed E-state index contributed by atoms with van der Waals surface area (Å²) in [7, 11) is 0. The summed E-state index contributed by atoms with van der Waals surface area (Å²) in [4.78, 5) is 0. The molecule has 3 nitrogen and oxygen atoms in total. The van der Waals surface area contributed by atoms with Crippen molar-refractivity contribution in [1.29, 1.82) is 0 Å². The van der Waals surface area contributed by atoms with Gasteiger partial charge in [-0.15, -0.1) is 0 Å². The van der Waals surface area contributed by atoms with Crippen LogP contribution in [0.5, 0.6) is 5.75 Å². The molecule has 11 heavy (non-hydrogen) atoms. The van der Waals surface area contributed by atoms with Crippen molar-refractivity contribution in [2.24, 2.45) is 0 Å². The van der Waals surface area contributed by atoms with E-state index in [1.807, 2.05) is 0 Å². The fraction of sp³-hybridized carbons (Fsp3) is 0.250. The van der Waals surface area contributed by atoms with Gasteiger partial charge in [0.15, 0.2) is 0 Å². The first-order valence-electron chi connectivity index (χ1n) is 3.42. The summed E-state index contributed by atoms with van der Waals surface area (Å²) in [6.45, 7) is 0.0248. The number of nitrogen functional groups attached to an aromatic ring is 1. The Kier molecular flexibility index (Phi) is 2.33. The van der Waals surface area contributed by atoms with Crippen LogP contribution >= 0.6 is 0 Å². The van der Waals surface area contributed by atoms with Crippen LogP contribution in [0.3, 0.4) is 0 Å². The Hall–Kier alpha value is -1.22. The Morgan fingerprint density at radius 3 is 2.73 bits per heavy atom. The Balaban J connectivity index is 2.93. The molecule has 0 unspecified atom stereocenters. The highest BCUT2D eigenvalue weighted by atomic mass is 16.3. The molecule has 1 aromatic carbocycles. The number of phenolic OH excluding ortho intramolecular Hbond substituents is 1. The molecule has 0 aliphatic carbocycles. The van der Waals surface area contributed by atoms with E-state index in [9.17, 15) is 5.11 Å². The quantitative estimate of drug-likeness (QED) is 0.428. The van der Waals surface area contributed by atoms with E-state index >= 15 is 0 Å². The van der Waals surface area contributed by atoms with Gasteiger partial charge in [0.1, 0.15) is 5.75 Å². The van der Waals surface area contributed by atoms with Crippen molar-refractivity contribution in [3.8, 4) is 5.75 Å². The lowest BCUT2D eigenvalue weighted by molar-refractivity contribution is 0.297. The highest BCUT2D eigenvalue weighted by Gasteiger charge is 1.99. The van der Waals surface area contributed by atoms with Gasteiger partial charge in [-0.05, 0) is 30.2 Å². The number of aromatic hydroxyl groups is 1. The summed E-state index contributed by atoms with van der Waals surface area (Å²) >= 11 is 0. The number of aliphatic hydroxyl groups excluding tert-OH is 1. The highest BCUT2D eigenvalue weighted by molar-refractivity contribution is 5.47. The van der Waals surface area contributed by atoms with Crippen LogP contribution in [-0.4, -0.2) is 16.8 Å². The molecule has 0 aliphatic rings. The Morgan fingerprint density at radius 1 is 1.36 bits per heavy atom. The summed E-state index contributed by atoms with van der Waals surface area (Å²) in [6, 6.07) is 4.81. The SMILES string of the molecule is Nc1ccc(O)c(CCO)c1. The molecule has 3 heteroatoms. The average Bonchev–Trinajstić information content (AvgIpc) is 1.98. The van der Waals surface area contributed by atoms with Gasteiger partial charge in [0.25, 0.3) is 0 Å². The molecule has 0 aliphatic heterocycles. The van der Waals surface area contributed by atoms with Gasteiger partial charge in [-0.2, -0.15) is 0 Å². The van der Waals surface area contributed by atoms with Crippen LogP contribution in [0.1, 0.15) is 5.56 Å². The molecule has 0 saturated heterocycles. The Bertz CT molecular complexity index is 248. The van der Waals surface area contributed by atoms with Crippen LogP contribution < -0.4 is 5.73 Å². The lowest BCUT2D eigenvalue weighted by Gasteiger charge is -2.02. The molecule has 1 rings (SSSR count). The smallest absolute Gasteiger partial charge is 0.119 e. The van der Waals surface area contributed by atoms with E-state index in [-0.39, 0.29) is 12.4 Å². The predicted molar refractivity (Wildman–Crippen MR) is 43.3 cm³/mol. The van der Waals surface area contributed by atoms with Crippen LogP contribution in [0.4, 0.5) is 5.69 Å². The second-order valence-corrected chi connectivity index (χ2v) is 2.36. The maximum Gasteiger partial charge on any atom is 0.119 e. The molecule has 60 valence electrons. The molecule has 0 saturated carbocycles. The highest BCUT2D eigenvalue weighted by Crippen LogP contribution is 2.19. The van der Waals surface area contributed by atoms with E-state index < -0.39 is 0 Å². The number of phenols is 1. The van der Waals surface area contributed by atoms with E-state index in [2.05, 4.69) is 0 Å². The summed E-state index contributed by atoms with van der Waals surface area (Å²) in [6.07, 6.45) is 0.441. The van der Waals surface area contributed by atoms with Crippen molar-refractivity contribution in [1.82, 2.24) is 0 Å². The zero-order valence-corrected chi connectivity index (χ0v) is 6.12. The van der Waals surface area contributed by atoms with Gasteiger partial charge in [0.05, 0.1) is 0 Å². The number of aliphatic hydroxyl groups is 1. The number of benzene rings is 1. The first-order chi connectivity index (χ1) is 5.24. The normalized spacial score (nSPS) is 9.91. The second-order valence-electron chi connectivity index (χ2n) is 2.36. The summed E-state index contributed by atoms with van der Waals surface area (Å²) in [5.41, 5.74) is 6.76. The third-order valence-corrected chi connectivity index (χ3v) is 1.48. The fourth-order valence-corrected chi connectivity index (χ4v) is 0.926. The van der Waals surface area contributed by atoms with Crippen molar-refractivity contribution in [3.63, 3.8) is 0 Å². The molecule has 0 spiro atoms. The molecule has 4 N–H and O–H groups in total. The number of hydrogen-bond donors (Lipinski definition) is 3. The van der Waals surface area contributed by atoms with Crippen molar-refractivity contribution < 1.29 is 10.2 Å². The molecule has 0 atom stereocenters. The van der Waals surface area contributed by atoms with E-state index in [1.54, 1.807) is 12.1 Å². The maximum atomic E-state index is 9.20.